The van der Waals surface area contributed by atoms with Gasteiger partial charge in [-0.15, -0.1) is 0 Å². The smallest absolute Gasteiger partial charge is 0.251 e. The van der Waals surface area contributed by atoms with E-state index < -0.39 is 0 Å². The van der Waals surface area contributed by atoms with Gasteiger partial charge in [-0.1, -0.05) is 47.1 Å². The van der Waals surface area contributed by atoms with Crippen LogP contribution in [0.25, 0.3) is 0 Å². The second-order valence-electron chi connectivity index (χ2n) is 4.43. The fourth-order valence-electron chi connectivity index (χ4n) is 1.76. The summed E-state index contributed by atoms with van der Waals surface area (Å²) < 4.78 is 0.969. The van der Waals surface area contributed by atoms with Gasteiger partial charge in [-0.3, -0.25) is 4.79 Å². The summed E-state index contributed by atoms with van der Waals surface area (Å²) in [5.74, 6) is 0.722. The van der Waals surface area contributed by atoms with Gasteiger partial charge in [0.2, 0.25) is 0 Å². The van der Waals surface area contributed by atoms with E-state index in [4.69, 9.17) is 5.73 Å². The minimum Gasteiger partial charge on any atom is -0.399 e. The van der Waals surface area contributed by atoms with Crippen LogP contribution < -0.4 is 11.3 Å². The molecule has 0 amide bonds. The molecule has 20 heavy (non-hydrogen) atoms. The van der Waals surface area contributed by atoms with E-state index in [1.807, 2.05) is 18.2 Å². The van der Waals surface area contributed by atoms with Gasteiger partial charge in [0.05, 0.1) is 0 Å². The maximum atomic E-state index is 11.6. The molecule has 1 aromatic heterocycles. The van der Waals surface area contributed by atoms with Gasteiger partial charge in [0.25, 0.3) is 5.56 Å². The summed E-state index contributed by atoms with van der Waals surface area (Å²) in [6.07, 6.45) is 1.80. The molecule has 0 radical (unpaired) electrons. The summed E-state index contributed by atoms with van der Waals surface area (Å²) in [5.41, 5.74) is 8.30. The molecule has 0 fully saturated rings. The predicted molar refractivity (Wildman–Crippen MR) is 87.0 cm³/mol. The summed E-state index contributed by atoms with van der Waals surface area (Å²) in [6.45, 7) is 2.07. The minimum absolute atomic E-state index is 0.0951. The van der Waals surface area contributed by atoms with E-state index >= 15 is 0 Å². The van der Waals surface area contributed by atoms with Crippen LogP contribution in [-0.2, 0) is 12.2 Å². The van der Waals surface area contributed by atoms with Gasteiger partial charge in [-0.2, -0.15) is 0 Å². The zero-order chi connectivity index (χ0) is 14.5. The Balaban J connectivity index is 2.12. The van der Waals surface area contributed by atoms with Crippen LogP contribution in [0.5, 0.6) is 0 Å². The zero-order valence-corrected chi connectivity index (χ0v) is 13.6. The highest BCUT2D eigenvalue weighted by Gasteiger charge is 2.05. The van der Waals surface area contributed by atoms with Gasteiger partial charge >= 0.3 is 0 Å². The summed E-state index contributed by atoms with van der Waals surface area (Å²) in [6, 6.07) is 7.27. The number of thioether (sulfide) groups is 1. The van der Waals surface area contributed by atoms with Crippen LogP contribution in [0, 0.1) is 0 Å². The van der Waals surface area contributed by atoms with Crippen LogP contribution in [0.4, 0.5) is 5.69 Å². The highest BCUT2D eigenvalue weighted by atomic mass is 79.9. The molecule has 0 aliphatic heterocycles. The quantitative estimate of drug-likeness (QED) is 0.491. The van der Waals surface area contributed by atoms with Crippen molar-refractivity contribution in [1.29, 1.82) is 0 Å². The molecule has 3 N–H and O–H groups in total. The Kier molecular flexibility index (Phi) is 5.25. The summed E-state index contributed by atoms with van der Waals surface area (Å²) in [4.78, 5) is 18.8. The Morgan fingerprint density at radius 2 is 2.20 bits per heavy atom. The summed E-state index contributed by atoms with van der Waals surface area (Å²) in [7, 11) is 0. The molecule has 2 rings (SSSR count). The normalized spacial score (nSPS) is 10.7. The molecule has 106 valence electrons. The number of rotatable bonds is 5. The van der Waals surface area contributed by atoms with E-state index in [-0.39, 0.29) is 5.56 Å². The van der Waals surface area contributed by atoms with Crippen molar-refractivity contribution in [2.75, 3.05) is 5.73 Å². The molecule has 0 saturated carbocycles. The first-order chi connectivity index (χ1) is 9.58. The fourth-order valence-corrected chi connectivity index (χ4v) is 3.38. The lowest BCUT2D eigenvalue weighted by Crippen LogP contribution is -2.10. The highest BCUT2D eigenvalue weighted by Crippen LogP contribution is 2.26. The van der Waals surface area contributed by atoms with Gasteiger partial charge in [-0.05, 0) is 24.1 Å². The number of aromatic amines is 1. The van der Waals surface area contributed by atoms with Crippen molar-refractivity contribution in [2.45, 2.75) is 30.7 Å². The van der Waals surface area contributed by atoms with Crippen molar-refractivity contribution in [3.63, 3.8) is 0 Å². The van der Waals surface area contributed by atoms with Crippen LogP contribution in [0.2, 0.25) is 0 Å². The maximum Gasteiger partial charge on any atom is 0.251 e. The topological polar surface area (TPSA) is 71.8 Å². The molecule has 4 nitrogen and oxygen atoms in total. The predicted octanol–water partition coefficient (Wildman–Crippen LogP) is 3.36. The number of H-pyrrole nitrogens is 1. The van der Waals surface area contributed by atoms with Crippen LogP contribution in [0.1, 0.15) is 24.6 Å². The average molecular weight is 354 g/mol. The lowest BCUT2D eigenvalue weighted by atomic mass is 10.2. The largest absolute Gasteiger partial charge is 0.399 e. The minimum atomic E-state index is -0.0951. The Morgan fingerprint density at radius 1 is 1.40 bits per heavy atom. The van der Waals surface area contributed by atoms with Gasteiger partial charge in [0.15, 0.2) is 5.16 Å². The van der Waals surface area contributed by atoms with Crippen molar-refractivity contribution in [2.24, 2.45) is 0 Å². The lowest BCUT2D eigenvalue weighted by molar-refractivity contribution is 0.816. The average Bonchev–Trinajstić information content (AvgIpc) is 2.37. The van der Waals surface area contributed by atoms with E-state index in [2.05, 4.69) is 32.8 Å². The van der Waals surface area contributed by atoms with Crippen molar-refractivity contribution in [1.82, 2.24) is 9.97 Å². The number of hydrogen-bond acceptors (Lipinski definition) is 4. The summed E-state index contributed by atoms with van der Waals surface area (Å²) in [5, 5.41) is 0.657. The van der Waals surface area contributed by atoms with Crippen LogP contribution in [-0.4, -0.2) is 9.97 Å². The standard InChI is InChI=1S/C14H16BrN3OS/c1-2-3-11-7-13(19)18-14(17-11)20-8-9-4-5-10(16)6-12(9)15/h4-7H,2-3,8,16H2,1H3,(H,17,18,19). The Bertz CT molecular complexity index is 657. The number of aromatic nitrogens is 2. The van der Waals surface area contributed by atoms with Crippen molar-refractivity contribution >= 4 is 33.4 Å². The first kappa shape index (κ1) is 15.1. The molecular weight excluding hydrogens is 338 g/mol. The monoisotopic (exact) mass is 353 g/mol. The van der Waals surface area contributed by atoms with Crippen molar-refractivity contribution in [3.05, 3.63) is 50.3 Å². The maximum absolute atomic E-state index is 11.6. The van der Waals surface area contributed by atoms with Gasteiger partial charge < -0.3 is 10.7 Å². The summed E-state index contributed by atoms with van der Waals surface area (Å²) >= 11 is 5.00. The molecule has 0 saturated heterocycles. The molecule has 0 unspecified atom stereocenters. The van der Waals surface area contributed by atoms with E-state index in [1.165, 1.54) is 11.8 Å². The second-order valence-corrected chi connectivity index (χ2v) is 6.25. The van der Waals surface area contributed by atoms with E-state index in [0.717, 1.165) is 40.0 Å². The third kappa shape index (κ3) is 4.11. The van der Waals surface area contributed by atoms with E-state index in [9.17, 15) is 4.79 Å². The zero-order valence-electron chi connectivity index (χ0n) is 11.1. The third-order valence-electron chi connectivity index (χ3n) is 2.72. The number of halogens is 1. The lowest BCUT2D eigenvalue weighted by Gasteiger charge is -2.06. The number of anilines is 1. The Hall–Kier alpha value is -1.27. The molecule has 0 aliphatic carbocycles. The molecular formula is C14H16BrN3OS. The highest BCUT2D eigenvalue weighted by molar-refractivity contribution is 9.10. The Morgan fingerprint density at radius 3 is 2.90 bits per heavy atom. The molecule has 2 aromatic rings. The first-order valence-electron chi connectivity index (χ1n) is 6.35. The fraction of sp³-hybridized carbons (Fsp3) is 0.286. The number of benzene rings is 1. The third-order valence-corrected chi connectivity index (χ3v) is 4.38. The van der Waals surface area contributed by atoms with Gasteiger partial charge in [-0.25, -0.2) is 4.98 Å². The molecule has 0 atom stereocenters. The molecule has 1 aromatic carbocycles. The number of nitrogens with zero attached hydrogens (tertiary/aromatic N) is 1. The van der Waals surface area contributed by atoms with E-state index in [0.29, 0.717) is 5.16 Å². The van der Waals surface area contributed by atoms with Crippen LogP contribution in [0.3, 0.4) is 0 Å². The molecule has 0 spiro atoms. The molecule has 6 heteroatoms. The van der Waals surface area contributed by atoms with E-state index in [1.54, 1.807) is 6.07 Å². The Labute approximate surface area is 130 Å². The SMILES string of the molecule is CCCc1cc(=O)[nH]c(SCc2ccc(N)cc2Br)n1. The molecule has 0 bridgehead atoms. The molecule has 1 heterocycles. The van der Waals surface area contributed by atoms with Crippen LogP contribution in [0.15, 0.2) is 38.7 Å². The van der Waals surface area contributed by atoms with Gasteiger partial charge in [0, 0.05) is 27.7 Å². The first-order valence-corrected chi connectivity index (χ1v) is 8.13. The van der Waals surface area contributed by atoms with Gasteiger partial charge in [0.1, 0.15) is 0 Å². The number of aryl methyl sites for hydroxylation is 1. The molecule has 0 aliphatic rings. The number of nitrogens with one attached hydrogen (secondary N) is 1. The number of hydrogen-bond donors (Lipinski definition) is 2. The van der Waals surface area contributed by atoms with Crippen LogP contribution >= 0.6 is 27.7 Å². The second kappa shape index (κ2) is 6.95. The number of nitrogen functional groups attached to an aromatic ring is 1. The van der Waals surface area contributed by atoms with Crippen molar-refractivity contribution in [3.8, 4) is 0 Å². The number of nitrogens with two attached hydrogens (primary N) is 1. The van der Waals surface area contributed by atoms with Crippen molar-refractivity contribution < 1.29 is 0 Å².